The Hall–Kier alpha value is -2.74. The summed E-state index contributed by atoms with van der Waals surface area (Å²) in [5.74, 6) is -0.261. The lowest BCUT2D eigenvalue weighted by molar-refractivity contribution is -0.384. The molecule has 0 radical (unpaired) electrons. The number of ether oxygens (including phenoxy) is 1. The van der Waals surface area contributed by atoms with E-state index in [1.165, 1.54) is 12.1 Å². The van der Waals surface area contributed by atoms with Crippen LogP contribution >= 0.6 is 15.9 Å². The van der Waals surface area contributed by atoms with Crippen LogP contribution < -0.4 is 10.1 Å². The minimum Gasteiger partial charge on any atom is -0.483 e. The van der Waals surface area contributed by atoms with Gasteiger partial charge in [0.1, 0.15) is 5.75 Å². The van der Waals surface area contributed by atoms with Crippen molar-refractivity contribution in [2.45, 2.75) is 13.0 Å². The number of nitro groups is 1. The fraction of sp³-hybridized carbons (Fsp3) is 0.176. The van der Waals surface area contributed by atoms with Crippen LogP contribution in [0.5, 0.6) is 5.75 Å². The molecule has 0 aliphatic rings. The quantitative estimate of drug-likeness (QED) is 0.431. The zero-order valence-corrected chi connectivity index (χ0v) is 14.9. The van der Waals surface area contributed by atoms with E-state index < -0.39 is 4.92 Å². The highest BCUT2D eigenvalue weighted by Crippen LogP contribution is 2.24. The van der Waals surface area contributed by atoms with Gasteiger partial charge in [-0.3, -0.25) is 19.7 Å². The second kappa shape index (κ2) is 8.39. The van der Waals surface area contributed by atoms with E-state index in [4.69, 9.17) is 4.74 Å². The molecule has 0 bridgehead atoms. The van der Waals surface area contributed by atoms with E-state index in [9.17, 15) is 19.7 Å². The average Bonchev–Trinajstić information content (AvgIpc) is 2.59. The monoisotopic (exact) mass is 406 g/mol. The van der Waals surface area contributed by atoms with Gasteiger partial charge in [0, 0.05) is 16.6 Å². The Morgan fingerprint density at radius 1 is 1.36 bits per heavy atom. The zero-order valence-electron chi connectivity index (χ0n) is 13.3. The van der Waals surface area contributed by atoms with Crippen LogP contribution in [0.1, 0.15) is 28.9 Å². The van der Waals surface area contributed by atoms with Gasteiger partial charge < -0.3 is 10.1 Å². The van der Waals surface area contributed by atoms with Crippen LogP contribution in [-0.2, 0) is 4.79 Å². The molecule has 7 nitrogen and oxygen atoms in total. The first-order chi connectivity index (χ1) is 11.9. The van der Waals surface area contributed by atoms with Crippen LogP contribution in [0.4, 0.5) is 5.69 Å². The molecule has 25 heavy (non-hydrogen) atoms. The third-order valence-electron chi connectivity index (χ3n) is 3.44. The number of nitro benzene ring substituents is 1. The largest absolute Gasteiger partial charge is 0.483 e. The number of hydrogen-bond donors (Lipinski definition) is 1. The van der Waals surface area contributed by atoms with Crippen LogP contribution in [0, 0.1) is 10.1 Å². The van der Waals surface area contributed by atoms with Crippen LogP contribution in [0.15, 0.2) is 46.9 Å². The molecule has 0 spiro atoms. The zero-order chi connectivity index (χ0) is 18.4. The first-order valence-electron chi connectivity index (χ1n) is 7.32. The van der Waals surface area contributed by atoms with Gasteiger partial charge in [-0.2, -0.15) is 0 Å². The van der Waals surface area contributed by atoms with E-state index in [2.05, 4.69) is 21.2 Å². The molecule has 2 rings (SSSR count). The predicted octanol–water partition coefficient (Wildman–Crippen LogP) is 3.43. The van der Waals surface area contributed by atoms with Gasteiger partial charge in [0.15, 0.2) is 12.9 Å². The molecule has 0 unspecified atom stereocenters. The Balaban J connectivity index is 1.99. The maximum absolute atomic E-state index is 12.0. The number of halogens is 1. The smallest absolute Gasteiger partial charge is 0.270 e. The molecule has 0 saturated carbocycles. The molecule has 0 aliphatic carbocycles. The summed E-state index contributed by atoms with van der Waals surface area (Å²) < 4.78 is 6.19. The fourth-order valence-electron chi connectivity index (χ4n) is 2.20. The third kappa shape index (κ3) is 4.87. The second-order valence-corrected chi connectivity index (χ2v) is 6.05. The highest BCUT2D eigenvalue weighted by atomic mass is 79.9. The Morgan fingerprint density at radius 3 is 2.72 bits per heavy atom. The second-order valence-electron chi connectivity index (χ2n) is 5.20. The topological polar surface area (TPSA) is 98.5 Å². The van der Waals surface area contributed by atoms with Crippen molar-refractivity contribution in [2.24, 2.45) is 0 Å². The van der Waals surface area contributed by atoms with Crippen molar-refractivity contribution in [3.8, 4) is 5.75 Å². The molecule has 8 heteroatoms. The molecule has 2 aromatic carbocycles. The van der Waals surface area contributed by atoms with Crippen molar-refractivity contribution in [1.29, 1.82) is 0 Å². The number of nitrogens with one attached hydrogen (secondary N) is 1. The number of amides is 1. The van der Waals surface area contributed by atoms with Gasteiger partial charge in [-0.05, 0) is 24.6 Å². The number of rotatable bonds is 7. The summed E-state index contributed by atoms with van der Waals surface area (Å²) in [5.41, 5.74) is 0.710. The van der Waals surface area contributed by atoms with Gasteiger partial charge in [-0.25, -0.2) is 0 Å². The first kappa shape index (κ1) is 18.6. The summed E-state index contributed by atoms with van der Waals surface area (Å²) in [4.78, 5) is 33.2. The molecule has 1 amide bonds. The molecule has 0 aliphatic heterocycles. The van der Waals surface area contributed by atoms with E-state index in [1.54, 1.807) is 0 Å². The molecule has 0 fully saturated rings. The number of nitrogens with zero attached hydrogens (tertiary/aromatic N) is 1. The summed E-state index contributed by atoms with van der Waals surface area (Å²) in [6.07, 6.45) is 0.448. The van der Waals surface area contributed by atoms with Gasteiger partial charge in [0.05, 0.1) is 16.5 Å². The summed E-state index contributed by atoms with van der Waals surface area (Å²) in [6.45, 7) is 1.52. The van der Waals surface area contributed by atoms with Crippen molar-refractivity contribution >= 4 is 33.8 Å². The minimum absolute atomic E-state index is 0.0147. The Bertz CT molecular complexity index is 809. The van der Waals surface area contributed by atoms with Gasteiger partial charge in [-0.15, -0.1) is 0 Å². The van der Waals surface area contributed by atoms with Gasteiger partial charge >= 0.3 is 0 Å². The molecule has 0 aromatic heterocycles. The van der Waals surface area contributed by atoms with Crippen LogP contribution in [0.2, 0.25) is 0 Å². The maximum atomic E-state index is 12.0. The Morgan fingerprint density at radius 2 is 2.08 bits per heavy atom. The molecular weight excluding hydrogens is 392 g/mol. The number of carbonyl (C=O) groups excluding carboxylic acids is 2. The summed E-state index contributed by atoms with van der Waals surface area (Å²) in [7, 11) is 0. The van der Waals surface area contributed by atoms with E-state index in [0.717, 1.165) is 16.1 Å². The van der Waals surface area contributed by atoms with Gasteiger partial charge in [-0.1, -0.05) is 34.1 Å². The van der Waals surface area contributed by atoms with E-state index in [1.807, 2.05) is 31.2 Å². The Labute approximate surface area is 152 Å². The molecule has 130 valence electrons. The Kier molecular flexibility index (Phi) is 6.24. The van der Waals surface area contributed by atoms with Crippen molar-refractivity contribution in [3.63, 3.8) is 0 Å². The maximum Gasteiger partial charge on any atom is 0.270 e. The predicted molar refractivity (Wildman–Crippen MR) is 94.7 cm³/mol. The first-order valence-corrected chi connectivity index (χ1v) is 8.12. The van der Waals surface area contributed by atoms with Crippen molar-refractivity contribution in [1.82, 2.24) is 5.32 Å². The van der Waals surface area contributed by atoms with E-state index in [-0.39, 0.29) is 35.6 Å². The molecule has 2 aromatic rings. The van der Waals surface area contributed by atoms with Crippen LogP contribution in [0.3, 0.4) is 0 Å². The summed E-state index contributed by atoms with van der Waals surface area (Å²) in [5, 5.41) is 13.5. The van der Waals surface area contributed by atoms with Crippen LogP contribution in [-0.4, -0.2) is 23.7 Å². The highest BCUT2D eigenvalue weighted by Gasteiger charge is 2.15. The number of benzene rings is 2. The third-order valence-corrected chi connectivity index (χ3v) is 4.16. The van der Waals surface area contributed by atoms with Gasteiger partial charge in [0.25, 0.3) is 11.6 Å². The number of aldehydes is 1. The molecule has 0 heterocycles. The van der Waals surface area contributed by atoms with Crippen molar-refractivity contribution in [3.05, 3.63) is 68.2 Å². The summed E-state index contributed by atoms with van der Waals surface area (Å²) >= 11 is 3.42. The van der Waals surface area contributed by atoms with Gasteiger partial charge in [0.2, 0.25) is 0 Å². The number of carbonyl (C=O) groups is 2. The standard InChI is InChI=1S/C17H15BrN2O5/c1-11(14-4-2-3-5-15(14)18)19-17(22)10-25-16-7-6-13(20(23)24)8-12(16)9-21/h2-9,11H,10H2,1H3,(H,19,22)/t11-/m0/s1. The minimum atomic E-state index is -0.608. The van der Waals surface area contributed by atoms with E-state index in [0.29, 0.717) is 6.29 Å². The summed E-state index contributed by atoms with van der Waals surface area (Å²) in [6, 6.07) is 10.9. The molecule has 0 saturated heterocycles. The van der Waals surface area contributed by atoms with Crippen LogP contribution in [0.25, 0.3) is 0 Å². The van der Waals surface area contributed by atoms with Crippen molar-refractivity contribution in [2.75, 3.05) is 6.61 Å². The molecule has 1 atom stereocenters. The number of non-ortho nitro benzene ring substituents is 1. The van der Waals surface area contributed by atoms with E-state index >= 15 is 0 Å². The normalized spacial score (nSPS) is 11.4. The number of hydrogen-bond acceptors (Lipinski definition) is 5. The molecular formula is C17H15BrN2O5. The lowest BCUT2D eigenvalue weighted by Crippen LogP contribution is -2.31. The average molecular weight is 407 g/mol. The molecule has 1 N–H and O–H groups in total. The highest BCUT2D eigenvalue weighted by molar-refractivity contribution is 9.10. The fourth-order valence-corrected chi connectivity index (χ4v) is 2.83. The lowest BCUT2D eigenvalue weighted by Gasteiger charge is -2.16. The SMILES string of the molecule is C[C@H](NC(=O)COc1ccc([N+](=O)[O-])cc1C=O)c1ccccc1Br. The van der Waals surface area contributed by atoms with Crippen molar-refractivity contribution < 1.29 is 19.2 Å². The lowest BCUT2D eigenvalue weighted by atomic mass is 10.1.